The number of hydrogen-bond acceptors (Lipinski definition) is 9. The highest BCUT2D eigenvalue weighted by Gasteiger charge is 2.75. The number of alkyl halides is 1. The van der Waals surface area contributed by atoms with Crippen molar-refractivity contribution in [2.24, 2.45) is 28.6 Å². The van der Waals surface area contributed by atoms with Gasteiger partial charge in [0.2, 0.25) is 5.78 Å². The summed E-state index contributed by atoms with van der Waals surface area (Å²) in [5, 5.41) is 23.3. The third-order valence-corrected chi connectivity index (χ3v) is 9.14. The highest BCUT2D eigenvalue weighted by molar-refractivity contribution is 6.02. The molecule has 9 nitrogen and oxygen atoms in total. The van der Waals surface area contributed by atoms with E-state index in [1.54, 1.807) is 20.8 Å². The molecule has 0 heterocycles. The Labute approximate surface area is 214 Å². The van der Waals surface area contributed by atoms with Crippen LogP contribution in [-0.2, 0) is 28.6 Å². The highest BCUT2D eigenvalue weighted by atomic mass is 19.1. The van der Waals surface area contributed by atoms with Gasteiger partial charge in [0.05, 0.1) is 18.1 Å². The van der Waals surface area contributed by atoms with E-state index in [9.17, 15) is 29.4 Å². The number of aliphatic hydroxyl groups is 2. The number of rotatable bonds is 5. The summed E-state index contributed by atoms with van der Waals surface area (Å²) >= 11 is 0. The number of esters is 1. The van der Waals surface area contributed by atoms with Crippen molar-refractivity contribution in [3.8, 4) is 0 Å². The van der Waals surface area contributed by atoms with Crippen molar-refractivity contribution < 1.29 is 48.0 Å². The summed E-state index contributed by atoms with van der Waals surface area (Å²) in [4.78, 5) is 49.1. The molecule has 0 aromatic rings. The first-order chi connectivity index (χ1) is 17.2. The molecule has 10 heteroatoms. The fraction of sp³-hybridized carbons (Fsp3) is 0.630. The largest absolute Gasteiger partial charge is 0.513 e. The molecule has 0 amide bonds. The van der Waals surface area contributed by atoms with Crippen LogP contribution in [0.2, 0.25) is 0 Å². The first-order valence-corrected chi connectivity index (χ1v) is 12.4. The highest BCUT2D eigenvalue weighted by Crippen LogP contribution is 2.70. The zero-order chi connectivity index (χ0) is 27.6. The maximum Gasteiger partial charge on any atom is 0.513 e. The van der Waals surface area contributed by atoms with E-state index in [-0.39, 0.29) is 30.8 Å². The van der Waals surface area contributed by atoms with Crippen LogP contribution in [-0.4, -0.2) is 64.5 Å². The number of carbonyl (C=O) groups is 4. The Morgan fingerprint density at radius 3 is 2.51 bits per heavy atom. The molecule has 2 N–H and O–H groups in total. The second kappa shape index (κ2) is 8.87. The molecule has 0 spiro atoms. The molecule has 0 unspecified atom stereocenters. The SMILES string of the molecule is CCOC(=O)OC1=C[C@H]2[C@@H]3C[C@@H](C)[C@](O)(C(=O)COC(C)=O)[C@@]3(C)C[C@H](O)[C@]2(F)[C@@]2(C)C=CC(=O)C=C12. The molecule has 8 atom stereocenters. The van der Waals surface area contributed by atoms with Crippen LogP contribution < -0.4 is 0 Å². The van der Waals surface area contributed by atoms with E-state index in [1.165, 1.54) is 31.2 Å². The second-order valence-corrected chi connectivity index (χ2v) is 11.0. The van der Waals surface area contributed by atoms with E-state index in [2.05, 4.69) is 0 Å². The minimum atomic E-state index is -2.36. The Morgan fingerprint density at radius 1 is 1.22 bits per heavy atom. The number of hydrogen-bond donors (Lipinski definition) is 2. The number of aliphatic hydroxyl groups excluding tert-OH is 1. The number of carbonyl (C=O) groups excluding carboxylic acids is 4. The van der Waals surface area contributed by atoms with E-state index in [1.807, 2.05) is 0 Å². The molecule has 202 valence electrons. The maximum atomic E-state index is 17.5. The van der Waals surface area contributed by atoms with Crippen LogP contribution in [0, 0.1) is 28.6 Å². The van der Waals surface area contributed by atoms with Gasteiger partial charge in [-0.15, -0.1) is 0 Å². The summed E-state index contributed by atoms with van der Waals surface area (Å²) in [5.74, 6) is -4.34. The smallest absolute Gasteiger partial charge is 0.458 e. The van der Waals surface area contributed by atoms with E-state index < -0.39 is 76.3 Å². The van der Waals surface area contributed by atoms with Crippen LogP contribution in [0.3, 0.4) is 0 Å². The lowest BCUT2D eigenvalue weighted by molar-refractivity contribution is -0.207. The van der Waals surface area contributed by atoms with Gasteiger partial charge in [-0.25, -0.2) is 9.18 Å². The summed E-state index contributed by atoms with van der Waals surface area (Å²) in [6.45, 7) is 6.94. The van der Waals surface area contributed by atoms with E-state index in [4.69, 9.17) is 14.2 Å². The minimum Gasteiger partial charge on any atom is -0.458 e. The molecule has 2 fully saturated rings. The van der Waals surface area contributed by atoms with Crippen LogP contribution in [0.5, 0.6) is 0 Å². The average molecular weight is 521 g/mol. The number of allylic oxidation sites excluding steroid dienone is 5. The van der Waals surface area contributed by atoms with Gasteiger partial charge in [-0.1, -0.05) is 19.9 Å². The number of halogens is 1. The predicted molar refractivity (Wildman–Crippen MR) is 126 cm³/mol. The van der Waals surface area contributed by atoms with Crippen LogP contribution in [0.1, 0.15) is 47.5 Å². The normalized spacial score (nSPS) is 42.0. The zero-order valence-corrected chi connectivity index (χ0v) is 21.6. The molecule has 0 aromatic heterocycles. The zero-order valence-electron chi connectivity index (χ0n) is 21.6. The third kappa shape index (κ3) is 3.63. The van der Waals surface area contributed by atoms with Crippen molar-refractivity contribution in [2.45, 2.75) is 64.8 Å². The molecular weight excluding hydrogens is 487 g/mol. The van der Waals surface area contributed by atoms with Gasteiger partial charge in [-0.05, 0) is 56.8 Å². The van der Waals surface area contributed by atoms with E-state index in [0.717, 1.165) is 6.92 Å². The molecular formula is C27H33FO9. The first kappa shape index (κ1) is 27.2. The molecule has 0 radical (unpaired) electrons. The molecule has 0 saturated heterocycles. The Morgan fingerprint density at radius 2 is 1.89 bits per heavy atom. The maximum absolute atomic E-state index is 17.5. The monoisotopic (exact) mass is 520 g/mol. The quantitative estimate of drug-likeness (QED) is 0.524. The molecule has 37 heavy (non-hydrogen) atoms. The topological polar surface area (TPSA) is 136 Å². The van der Waals surface area contributed by atoms with Gasteiger partial charge in [0.1, 0.15) is 11.4 Å². The van der Waals surface area contributed by atoms with Crippen molar-refractivity contribution in [3.05, 3.63) is 35.6 Å². The average Bonchev–Trinajstić information content (AvgIpc) is 3.02. The second-order valence-electron chi connectivity index (χ2n) is 11.0. The Balaban J connectivity index is 1.86. The molecule has 0 aromatic carbocycles. The van der Waals surface area contributed by atoms with Gasteiger partial charge >= 0.3 is 12.1 Å². The van der Waals surface area contributed by atoms with E-state index in [0.29, 0.717) is 0 Å². The Bertz CT molecular complexity index is 1140. The third-order valence-electron chi connectivity index (χ3n) is 9.14. The van der Waals surface area contributed by atoms with Crippen molar-refractivity contribution in [2.75, 3.05) is 13.2 Å². The fourth-order valence-electron chi connectivity index (χ4n) is 7.29. The standard InChI is InChI=1S/C27H33FO9/c1-6-35-23(33)37-20-11-18-17-9-14(2)27(34,22(32)13-36-15(3)29)25(17,5)12-21(31)26(18,28)24(4)8-7-16(30)10-19(20)24/h7-8,10-11,14,17-18,21,31,34H,6,9,12-13H2,1-5H3/t14-,17+,18+,21+,24+,25+,26+,27+/m1/s1. The fourth-order valence-corrected chi connectivity index (χ4v) is 7.29. The number of fused-ring (bicyclic) bond motifs is 5. The van der Waals surface area contributed by atoms with Gasteiger partial charge in [-0.2, -0.15) is 0 Å². The van der Waals surface area contributed by atoms with Gasteiger partial charge < -0.3 is 24.4 Å². The van der Waals surface area contributed by atoms with Crippen molar-refractivity contribution in [1.82, 2.24) is 0 Å². The molecule has 4 aliphatic carbocycles. The Hall–Kier alpha value is -2.85. The predicted octanol–water partition coefficient (Wildman–Crippen LogP) is 2.74. The molecule has 4 aliphatic rings. The van der Waals surface area contributed by atoms with Crippen LogP contribution in [0.25, 0.3) is 0 Å². The summed E-state index contributed by atoms with van der Waals surface area (Å²) in [5.41, 5.74) is -7.14. The van der Waals surface area contributed by atoms with Gasteiger partial charge in [-0.3, -0.25) is 14.4 Å². The van der Waals surface area contributed by atoms with Crippen molar-refractivity contribution in [1.29, 1.82) is 0 Å². The van der Waals surface area contributed by atoms with E-state index >= 15 is 4.39 Å². The van der Waals surface area contributed by atoms with Gasteiger partial charge in [0.15, 0.2) is 18.1 Å². The van der Waals surface area contributed by atoms with Gasteiger partial charge in [0.25, 0.3) is 0 Å². The lowest BCUT2D eigenvalue weighted by Crippen LogP contribution is -2.69. The van der Waals surface area contributed by atoms with Gasteiger partial charge in [0, 0.05) is 23.8 Å². The lowest BCUT2D eigenvalue weighted by Gasteiger charge is -2.61. The van der Waals surface area contributed by atoms with Crippen molar-refractivity contribution in [3.63, 3.8) is 0 Å². The van der Waals surface area contributed by atoms with Crippen LogP contribution in [0.15, 0.2) is 35.6 Å². The first-order valence-electron chi connectivity index (χ1n) is 12.4. The van der Waals surface area contributed by atoms with Crippen LogP contribution >= 0.6 is 0 Å². The lowest BCUT2D eigenvalue weighted by atomic mass is 9.46. The number of ether oxygens (including phenoxy) is 3. The molecule has 4 rings (SSSR count). The number of ketones is 2. The Kier molecular flexibility index (Phi) is 6.52. The summed E-state index contributed by atoms with van der Waals surface area (Å²) in [6.07, 6.45) is 2.40. The number of Topliss-reactive ketones (excluding diaryl/α,β-unsaturated/α-hetero) is 1. The van der Waals surface area contributed by atoms with Crippen molar-refractivity contribution >= 4 is 23.7 Å². The summed E-state index contributed by atoms with van der Waals surface area (Å²) in [7, 11) is 0. The molecule has 2 saturated carbocycles. The molecule has 0 bridgehead atoms. The minimum absolute atomic E-state index is 0.0339. The molecule has 0 aliphatic heterocycles. The van der Waals surface area contributed by atoms with Crippen LogP contribution in [0.4, 0.5) is 9.18 Å². The summed E-state index contributed by atoms with van der Waals surface area (Å²) in [6, 6.07) is 0. The summed E-state index contributed by atoms with van der Waals surface area (Å²) < 4.78 is 32.7.